The van der Waals surface area contributed by atoms with E-state index in [9.17, 15) is 4.79 Å². The minimum atomic E-state index is -0.291. The highest BCUT2D eigenvalue weighted by atomic mass is 32.1. The van der Waals surface area contributed by atoms with Crippen molar-refractivity contribution < 1.29 is 4.79 Å². The molecule has 0 fully saturated rings. The average molecular weight is 253 g/mol. The molecular formula is C15H11NOS. The molecule has 0 bridgehead atoms. The molecule has 18 heavy (non-hydrogen) atoms. The summed E-state index contributed by atoms with van der Waals surface area (Å²) in [7, 11) is 0. The van der Waals surface area contributed by atoms with Crippen LogP contribution in [0.5, 0.6) is 0 Å². The smallest absolute Gasteiger partial charge is 0.300 e. The molecule has 0 aromatic carbocycles. The van der Waals surface area contributed by atoms with Crippen LogP contribution in [-0.2, 0) is 4.79 Å². The van der Waals surface area contributed by atoms with Gasteiger partial charge in [0.05, 0.1) is 5.88 Å². The molecule has 0 saturated carbocycles. The summed E-state index contributed by atoms with van der Waals surface area (Å²) in [4.78, 5) is 13.0. The molecule has 0 unspecified atom stereocenters. The molecule has 0 aromatic heterocycles. The van der Waals surface area contributed by atoms with Gasteiger partial charge in [0.2, 0.25) is 0 Å². The van der Waals surface area contributed by atoms with Gasteiger partial charge in [-0.05, 0) is 53.8 Å². The van der Waals surface area contributed by atoms with Crippen molar-refractivity contribution in [2.75, 3.05) is 12.4 Å². The quantitative estimate of drug-likeness (QED) is 0.447. The predicted molar refractivity (Wildman–Crippen MR) is 75.8 cm³/mol. The molecule has 0 saturated heterocycles. The lowest BCUT2D eigenvalue weighted by Crippen LogP contribution is -2.29. The first-order chi connectivity index (χ1) is 8.76. The summed E-state index contributed by atoms with van der Waals surface area (Å²) in [5.41, 5.74) is 0. The van der Waals surface area contributed by atoms with Crippen LogP contribution in [-0.4, -0.2) is 23.2 Å². The standard InChI is InChI=1S/C15H11NOS/c1-3-5-6-7-8-9-10-11-12-15(17)16(14-18)13-4-2/h1,18H,4,13-14H2,2H3. The molecule has 0 N–H and O–H groups in total. The molecule has 0 aliphatic heterocycles. The maximum atomic E-state index is 11.5. The molecule has 0 heterocycles. The molecule has 0 rings (SSSR count). The predicted octanol–water partition coefficient (Wildman–Crippen LogP) is 0.759. The summed E-state index contributed by atoms with van der Waals surface area (Å²) in [5.74, 6) is 21.5. The second-order valence-corrected chi connectivity index (χ2v) is 3.14. The third-order valence-corrected chi connectivity index (χ3v) is 1.91. The molecule has 88 valence electrons. The summed E-state index contributed by atoms with van der Waals surface area (Å²) in [5, 5.41) is 0. The first-order valence-corrected chi connectivity index (χ1v) is 5.75. The fourth-order valence-electron chi connectivity index (χ4n) is 0.863. The number of terminal acetylenes is 1. The number of carbonyl (C=O) groups excluding carboxylic acids is 1. The van der Waals surface area contributed by atoms with Crippen LogP contribution in [0.25, 0.3) is 0 Å². The minimum absolute atomic E-state index is 0.291. The van der Waals surface area contributed by atoms with E-state index in [-0.39, 0.29) is 5.91 Å². The number of hydrogen-bond acceptors (Lipinski definition) is 2. The van der Waals surface area contributed by atoms with Crippen molar-refractivity contribution in [1.29, 1.82) is 0 Å². The van der Waals surface area contributed by atoms with Crippen molar-refractivity contribution in [3.63, 3.8) is 0 Å². The zero-order valence-corrected chi connectivity index (χ0v) is 10.9. The Hall–Kier alpha value is -2.38. The maximum absolute atomic E-state index is 11.5. The van der Waals surface area contributed by atoms with Gasteiger partial charge in [-0.3, -0.25) is 4.79 Å². The van der Waals surface area contributed by atoms with Crippen molar-refractivity contribution in [1.82, 2.24) is 4.90 Å². The molecule has 0 aliphatic carbocycles. The van der Waals surface area contributed by atoms with Gasteiger partial charge in [0.25, 0.3) is 5.91 Å². The van der Waals surface area contributed by atoms with Crippen LogP contribution in [0.4, 0.5) is 0 Å². The number of nitrogens with zero attached hydrogens (tertiary/aromatic N) is 1. The van der Waals surface area contributed by atoms with Crippen LogP contribution < -0.4 is 0 Å². The molecule has 0 radical (unpaired) electrons. The Kier molecular flexibility index (Phi) is 9.65. The Bertz CT molecular complexity index is 567. The fourth-order valence-corrected chi connectivity index (χ4v) is 1.13. The van der Waals surface area contributed by atoms with Gasteiger partial charge in [-0.25, -0.2) is 0 Å². The van der Waals surface area contributed by atoms with E-state index in [1.54, 1.807) is 0 Å². The Morgan fingerprint density at radius 1 is 1.11 bits per heavy atom. The van der Waals surface area contributed by atoms with E-state index >= 15 is 0 Å². The zero-order chi connectivity index (χ0) is 13.6. The van der Waals surface area contributed by atoms with Crippen molar-refractivity contribution in [3.05, 3.63) is 0 Å². The summed E-state index contributed by atoms with van der Waals surface area (Å²) in [6.07, 6.45) is 5.75. The van der Waals surface area contributed by atoms with Crippen LogP contribution in [0.15, 0.2) is 0 Å². The van der Waals surface area contributed by atoms with Crippen LogP contribution in [0, 0.1) is 59.7 Å². The van der Waals surface area contributed by atoms with Gasteiger partial charge >= 0.3 is 0 Å². The van der Waals surface area contributed by atoms with Crippen molar-refractivity contribution in [2.45, 2.75) is 13.3 Å². The highest BCUT2D eigenvalue weighted by Crippen LogP contribution is 1.93. The lowest BCUT2D eigenvalue weighted by Gasteiger charge is -2.15. The Labute approximate surface area is 114 Å². The van der Waals surface area contributed by atoms with E-state index in [2.05, 4.69) is 65.9 Å². The number of amides is 1. The van der Waals surface area contributed by atoms with Crippen LogP contribution in [0.2, 0.25) is 0 Å². The topological polar surface area (TPSA) is 20.3 Å². The second kappa shape index (κ2) is 11.1. The van der Waals surface area contributed by atoms with Gasteiger partial charge in [0.1, 0.15) is 0 Å². The SMILES string of the molecule is C#CC#CC#CC#CC#CC(=O)N(CS)CCC. The number of thiol groups is 1. The molecule has 0 aliphatic rings. The van der Waals surface area contributed by atoms with Gasteiger partial charge in [0, 0.05) is 12.5 Å². The van der Waals surface area contributed by atoms with Gasteiger partial charge in [-0.15, -0.1) is 6.42 Å². The van der Waals surface area contributed by atoms with E-state index in [4.69, 9.17) is 6.42 Å². The average Bonchev–Trinajstić information content (AvgIpc) is 2.38. The fraction of sp³-hybridized carbons (Fsp3) is 0.267. The number of rotatable bonds is 3. The second-order valence-electron chi connectivity index (χ2n) is 2.85. The van der Waals surface area contributed by atoms with E-state index in [1.165, 1.54) is 4.90 Å². The first kappa shape index (κ1) is 15.6. The van der Waals surface area contributed by atoms with Gasteiger partial charge in [-0.2, -0.15) is 12.6 Å². The molecule has 2 nitrogen and oxygen atoms in total. The van der Waals surface area contributed by atoms with E-state index in [0.29, 0.717) is 12.4 Å². The monoisotopic (exact) mass is 253 g/mol. The van der Waals surface area contributed by atoms with Gasteiger partial charge < -0.3 is 4.90 Å². The van der Waals surface area contributed by atoms with Crippen LogP contribution in [0.3, 0.4) is 0 Å². The molecule has 1 amide bonds. The van der Waals surface area contributed by atoms with Crippen LogP contribution >= 0.6 is 12.6 Å². The molecule has 0 atom stereocenters. The summed E-state index contributed by atoms with van der Waals surface area (Å²) in [6, 6.07) is 0. The summed E-state index contributed by atoms with van der Waals surface area (Å²) >= 11 is 4.05. The lowest BCUT2D eigenvalue weighted by molar-refractivity contribution is -0.124. The normalized spacial score (nSPS) is 6.50. The van der Waals surface area contributed by atoms with E-state index in [1.807, 2.05) is 6.92 Å². The summed E-state index contributed by atoms with van der Waals surface area (Å²) < 4.78 is 0. The Balaban J connectivity index is 4.42. The van der Waals surface area contributed by atoms with Crippen LogP contribution in [0.1, 0.15) is 13.3 Å². The molecular weight excluding hydrogens is 242 g/mol. The van der Waals surface area contributed by atoms with Gasteiger partial charge in [-0.1, -0.05) is 6.92 Å². The van der Waals surface area contributed by atoms with Crippen molar-refractivity contribution in [2.24, 2.45) is 0 Å². The molecule has 0 spiro atoms. The zero-order valence-electron chi connectivity index (χ0n) is 10.0. The number of hydrogen-bond donors (Lipinski definition) is 1. The summed E-state index contributed by atoms with van der Waals surface area (Å²) in [6.45, 7) is 2.61. The first-order valence-electron chi connectivity index (χ1n) is 5.12. The van der Waals surface area contributed by atoms with E-state index < -0.39 is 0 Å². The van der Waals surface area contributed by atoms with Crippen molar-refractivity contribution in [3.8, 4) is 59.7 Å². The largest absolute Gasteiger partial charge is 0.323 e. The third-order valence-electron chi connectivity index (χ3n) is 1.57. The maximum Gasteiger partial charge on any atom is 0.300 e. The van der Waals surface area contributed by atoms with E-state index in [0.717, 1.165) is 6.42 Å². The highest BCUT2D eigenvalue weighted by molar-refractivity contribution is 7.80. The Morgan fingerprint density at radius 3 is 2.17 bits per heavy atom. The number of carbonyl (C=O) groups is 1. The minimum Gasteiger partial charge on any atom is -0.323 e. The lowest BCUT2D eigenvalue weighted by atomic mass is 10.4. The third kappa shape index (κ3) is 7.85. The Morgan fingerprint density at radius 2 is 1.67 bits per heavy atom. The highest BCUT2D eigenvalue weighted by Gasteiger charge is 2.06. The van der Waals surface area contributed by atoms with Gasteiger partial charge in [0.15, 0.2) is 0 Å². The molecule has 3 heteroatoms. The molecule has 0 aromatic rings. The van der Waals surface area contributed by atoms with Crippen molar-refractivity contribution >= 4 is 18.5 Å².